The van der Waals surface area contributed by atoms with Gasteiger partial charge in [0.2, 0.25) is 5.16 Å². The van der Waals surface area contributed by atoms with E-state index < -0.39 is 15.3 Å². The van der Waals surface area contributed by atoms with E-state index in [1.54, 1.807) is 0 Å². The number of nitrogens with one attached hydrogen (secondary N) is 2. The molecule has 0 bridgehead atoms. The van der Waals surface area contributed by atoms with E-state index in [1.165, 1.54) is 18.5 Å². The monoisotopic (exact) mass is 173 g/mol. The Bertz CT molecular complexity index is 406. The van der Waals surface area contributed by atoms with E-state index in [2.05, 4.69) is 9.97 Å². The second-order valence-corrected chi connectivity index (χ2v) is 4.16. The summed E-state index contributed by atoms with van der Waals surface area (Å²) in [5, 5.41) is -0.0787. The first-order chi connectivity index (χ1) is 5.00. The number of nitrogens with zero attached hydrogens (tertiary/aromatic N) is 1. The van der Waals surface area contributed by atoms with Gasteiger partial charge in [-0.05, 0) is 0 Å². The Morgan fingerprint density at radius 2 is 2.36 bits per heavy atom. The molecule has 0 aliphatic rings. The van der Waals surface area contributed by atoms with E-state index in [1.807, 2.05) is 0 Å². The third-order valence-electron chi connectivity index (χ3n) is 1.02. The molecule has 0 fully saturated rings. The minimum absolute atomic E-state index is 0.0787. The first-order valence-corrected chi connectivity index (χ1v) is 4.76. The third kappa shape index (κ3) is 1.87. The van der Waals surface area contributed by atoms with Gasteiger partial charge in [-0.1, -0.05) is 0 Å². The summed E-state index contributed by atoms with van der Waals surface area (Å²) in [6.45, 7) is 0. The minimum Gasteiger partial charge on any atom is -0.299 e. The molecule has 0 saturated carbocycles. The molecule has 1 unspecified atom stereocenters. The first-order valence-electron chi connectivity index (χ1n) is 2.79. The van der Waals surface area contributed by atoms with E-state index in [4.69, 9.17) is 4.78 Å². The van der Waals surface area contributed by atoms with Crippen LogP contribution < -0.4 is 5.56 Å². The molecule has 1 heterocycles. The van der Waals surface area contributed by atoms with Crippen molar-refractivity contribution in [1.29, 1.82) is 4.78 Å². The molecule has 0 saturated heterocycles. The highest BCUT2D eigenvalue weighted by Crippen LogP contribution is 1.95. The van der Waals surface area contributed by atoms with Gasteiger partial charge >= 0.3 is 0 Å². The lowest BCUT2D eigenvalue weighted by Gasteiger charge is -1.96. The topological polar surface area (TPSA) is 86.7 Å². The average molecular weight is 173 g/mol. The zero-order valence-electron chi connectivity index (χ0n) is 5.83. The summed E-state index contributed by atoms with van der Waals surface area (Å²) in [5.41, 5.74) is -0.392. The molecule has 0 amide bonds. The highest BCUT2D eigenvalue weighted by Gasteiger charge is 2.03. The normalized spacial score (nSPS) is 15.7. The van der Waals surface area contributed by atoms with E-state index in [-0.39, 0.29) is 5.16 Å². The van der Waals surface area contributed by atoms with Gasteiger partial charge < -0.3 is 0 Å². The third-order valence-corrected chi connectivity index (χ3v) is 1.96. The largest absolute Gasteiger partial charge is 0.299 e. The number of aromatic amines is 1. The van der Waals surface area contributed by atoms with Crippen LogP contribution in [0.25, 0.3) is 0 Å². The number of aromatic nitrogens is 2. The van der Waals surface area contributed by atoms with E-state index in [0.717, 1.165) is 0 Å². The molecule has 2 N–H and O–H groups in total. The second-order valence-electron chi connectivity index (χ2n) is 2.08. The molecular weight excluding hydrogens is 166 g/mol. The van der Waals surface area contributed by atoms with Gasteiger partial charge in [0.25, 0.3) is 5.56 Å². The quantitative estimate of drug-likeness (QED) is 0.577. The highest BCUT2D eigenvalue weighted by molar-refractivity contribution is 7.91. The Hall–Kier alpha value is -1.17. The van der Waals surface area contributed by atoms with Crippen LogP contribution in [-0.4, -0.2) is 20.4 Å². The molecule has 0 spiro atoms. The van der Waals surface area contributed by atoms with Gasteiger partial charge in [-0.3, -0.25) is 9.78 Å². The van der Waals surface area contributed by atoms with Crippen molar-refractivity contribution in [2.75, 3.05) is 6.26 Å². The molecule has 0 aliphatic carbocycles. The van der Waals surface area contributed by atoms with Crippen molar-refractivity contribution in [3.8, 4) is 0 Å². The molecule has 60 valence electrons. The van der Waals surface area contributed by atoms with Crippen molar-refractivity contribution in [2.24, 2.45) is 0 Å². The van der Waals surface area contributed by atoms with Crippen molar-refractivity contribution >= 4 is 9.73 Å². The van der Waals surface area contributed by atoms with E-state index >= 15 is 0 Å². The molecule has 11 heavy (non-hydrogen) atoms. The van der Waals surface area contributed by atoms with Crippen molar-refractivity contribution < 1.29 is 4.21 Å². The highest BCUT2D eigenvalue weighted by atomic mass is 32.2. The lowest BCUT2D eigenvalue weighted by Crippen LogP contribution is -2.11. The Morgan fingerprint density at radius 1 is 1.73 bits per heavy atom. The maximum atomic E-state index is 11.0. The van der Waals surface area contributed by atoms with Crippen LogP contribution in [-0.2, 0) is 9.73 Å². The van der Waals surface area contributed by atoms with Gasteiger partial charge in [0.15, 0.2) is 0 Å². The number of hydrogen-bond donors (Lipinski definition) is 2. The van der Waals surface area contributed by atoms with Crippen LogP contribution >= 0.6 is 0 Å². The summed E-state index contributed by atoms with van der Waals surface area (Å²) >= 11 is 0. The SMILES string of the molecule is CS(=N)(=O)c1nccc(=O)[nH]1. The molecular formula is C5H7N3O2S. The van der Waals surface area contributed by atoms with E-state index in [0.29, 0.717) is 0 Å². The Kier molecular flexibility index (Phi) is 1.77. The van der Waals surface area contributed by atoms with Crippen LogP contribution in [0.3, 0.4) is 0 Å². The first kappa shape index (κ1) is 7.93. The van der Waals surface area contributed by atoms with Gasteiger partial charge in [-0.2, -0.15) is 0 Å². The van der Waals surface area contributed by atoms with Crippen LogP contribution in [0.2, 0.25) is 0 Å². The standard InChI is InChI=1S/C5H7N3O2S/c1-11(6,10)5-7-3-2-4(9)8-5/h2-3,6H,1H3,(H,7,8,9). The molecule has 6 heteroatoms. The van der Waals surface area contributed by atoms with Gasteiger partial charge in [0.1, 0.15) is 9.73 Å². The maximum Gasteiger partial charge on any atom is 0.251 e. The maximum absolute atomic E-state index is 11.0. The molecule has 0 aliphatic heterocycles. The summed E-state index contributed by atoms with van der Waals surface area (Å²) < 4.78 is 18.0. The molecule has 1 aromatic heterocycles. The molecule has 1 rings (SSSR count). The summed E-state index contributed by atoms with van der Waals surface area (Å²) in [6.07, 6.45) is 2.43. The van der Waals surface area contributed by atoms with E-state index in [9.17, 15) is 9.00 Å². The summed E-state index contributed by atoms with van der Waals surface area (Å²) in [6, 6.07) is 1.20. The predicted octanol–water partition coefficient (Wildman–Crippen LogP) is -0.195. The van der Waals surface area contributed by atoms with Crippen LogP contribution in [0, 0.1) is 4.78 Å². The molecule has 0 aromatic carbocycles. The lowest BCUT2D eigenvalue weighted by molar-refractivity contribution is 0.670. The van der Waals surface area contributed by atoms with Crippen LogP contribution in [0.15, 0.2) is 22.2 Å². The minimum atomic E-state index is -2.89. The molecule has 1 aromatic rings. The Morgan fingerprint density at radius 3 is 2.73 bits per heavy atom. The summed E-state index contributed by atoms with van der Waals surface area (Å²) in [5.74, 6) is 0. The fourth-order valence-corrected chi connectivity index (χ4v) is 1.11. The Balaban J connectivity index is 3.40. The van der Waals surface area contributed by atoms with Crippen molar-refractivity contribution in [1.82, 2.24) is 9.97 Å². The van der Waals surface area contributed by atoms with Gasteiger partial charge in [-0.15, -0.1) is 0 Å². The van der Waals surface area contributed by atoms with Crippen molar-refractivity contribution in [3.05, 3.63) is 22.6 Å². The fourth-order valence-electron chi connectivity index (χ4n) is 0.550. The summed E-state index contributed by atoms with van der Waals surface area (Å²) in [4.78, 5) is 16.4. The van der Waals surface area contributed by atoms with Crippen molar-refractivity contribution in [2.45, 2.75) is 5.16 Å². The molecule has 1 atom stereocenters. The summed E-state index contributed by atoms with van der Waals surface area (Å²) in [7, 11) is -2.89. The van der Waals surface area contributed by atoms with Gasteiger partial charge in [-0.25, -0.2) is 14.0 Å². The smallest absolute Gasteiger partial charge is 0.251 e. The second kappa shape index (κ2) is 2.46. The fraction of sp³-hybridized carbons (Fsp3) is 0.200. The van der Waals surface area contributed by atoms with Crippen molar-refractivity contribution in [3.63, 3.8) is 0 Å². The van der Waals surface area contributed by atoms with Crippen LogP contribution in [0.1, 0.15) is 0 Å². The number of H-pyrrole nitrogens is 1. The van der Waals surface area contributed by atoms with Gasteiger partial charge in [0.05, 0.1) is 0 Å². The zero-order valence-corrected chi connectivity index (χ0v) is 6.64. The molecule has 5 nitrogen and oxygen atoms in total. The average Bonchev–Trinajstić information content (AvgIpc) is 1.86. The van der Waals surface area contributed by atoms with Gasteiger partial charge in [0, 0.05) is 18.5 Å². The van der Waals surface area contributed by atoms with Crippen LogP contribution in [0.4, 0.5) is 0 Å². The molecule has 0 radical (unpaired) electrons. The number of rotatable bonds is 1. The lowest BCUT2D eigenvalue weighted by atomic mass is 10.7. The Labute approximate surface area is 63.5 Å². The van der Waals surface area contributed by atoms with Crippen LogP contribution in [0.5, 0.6) is 0 Å². The zero-order chi connectivity index (χ0) is 8.48. The number of hydrogen-bond acceptors (Lipinski definition) is 4. The predicted molar refractivity (Wildman–Crippen MR) is 39.9 cm³/mol.